The third-order valence-corrected chi connectivity index (χ3v) is 2.59. The number of rotatable bonds is 9. The molecule has 0 atom stereocenters. The van der Waals surface area contributed by atoms with Gasteiger partial charge in [-0.1, -0.05) is 18.3 Å². The SMILES string of the molecule is COCCOCCOCc1ccc(F)c(C(N)=S)c1. The lowest BCUT2D eigenvalue weighted by atomic mass is 10.1. The van der Waals surface area contributed by atoms with Crippen LogP contribution >= 0.6 is 12.2 Å². The van der Waals surface area contributed by atoms with Gasteiger partial charge in [-0.15, -0.1) is 0 Å². The molecule has 0 saturated carbocycles. The summed E-state index contributed by atoms with van der Waals surface area (Å²) in [5.74, 6) is -0.417. The average Bonchev–Trinajstić information content (AvgIpc) is 2.39. The molecule has 0 fully saturated rings. The largest absolute Gasteiger partial charge is 0.389 e. The van der Waals surface area contributed by atoms with Crippen molar-refractivity contribution in [2.45, 2.75) is 6.61 Å². The standard InChI is InChI=1S/C13H18FNO3S/c1-16-4-5-17-6-7-18-9-10-2-3-12(14)11(8-10)13(15)19/h2-3,8H,4-7,9H2,1H3,(H2,15,19). The first kappa shape index (κ1) is 16.0. The quantitative estimate of drug-likeness (QED) is 0.553. The van der Waals surface area contributed by atoms with Gasteiger partial charge in [-0.3, -0.25) is 0 Å². The molecule has 0 unspecified atom stereocenters. The molecule has 1 aromatic rings. The van der Waals surface area contributed by atoms with Gasteiger partial charge in [0.15, 0.2) is 0 Å². The Hall–Kier alpha value is -1.08. The fourth-order valence-electron chi connectivity index (χ4n) is 1.40. The Morgan fingerprint density at radius 1 is 1.21 bits per heavy atom. The summed E-state index contributed by atoms with van der Waals surface area (Å²) in [5, 5.41) is 0. The fourth-order valence-corrected chi connectivity index (χ4v) is 1.56. The molecule has 4 nitrogen and oxygen atoms in total. The number of thiocarbonyl (C=S) groups is 1. The van der Waals surface area contributed by atoms with Crippen LogP contribution in [0.25, 0.3) is 0 Å². The highest BCUT2D eigenvalue weighted by Crippen LogP contribution is 2.11. The summed E-state index contributed by atoms with van der Waals surface area (Å²) in [6, 6.07) is 4.58. The topological polar surface area (TPSA) is 53.7 Å². The van der Waals surface area contributed by atoms with Crippen molar-refractivity contribution in [1.82, 2.24) is 0 Å². The van der Waals surface area contributed by atoms with Crippen molar-refractivity contribution >= 4 is 17.2 Å². The van der Waals surface area contributed by atoms with E-state index in [0.29, 0.717) is 33.0 Å². The van der Waals surface area contributed by atoms with E-state index in [-0.39, 0.29) is 10.6 Å². The Balaban J connectivity index is 2.30. The molecular formula is C13H18FNO3S. The fraction of sp³-hybridized carbons (Fsp3) is 0.462. The van der Waals surface area contributed by atoms with Gasteiger partial charge in [-0.05, 0) is 17.7 Å². The lowest BCUT2D eigenvalue weighted by molar-refractivity contribution is 0.0199. The highest BCUT2D eigenvalue weighted by Gasteiger charge is 2.06. The van der Waals surface area contributed by atoms with Crippen molar-refractivity contribution in [3.8, 4) is 0 Å². The van der Waals surface area contributed by atoms with Crippen LogP contribution in [0.2, 0.25) is 0 Å². The minimum Gasteiger partial charge on any atom is -0.389 e. The number of hydrogen-bond donors (Lipinski definition) is 1. The Bertz CT molecular complexity index is 415. The molecule has 0 saturated heterocycles. The predicted molar refractivity (Wildman–Crippen MR) is 74.6 cm³/mol. The second kappa shape index (κ2) is 8.92. The molecule has 0 aliphatic heterocycles. The van der Waals surface area contributed by atoms with Gasteiger partial charge >= 0.3 is 0 Å². The lowest BCUT2D eigenvalue weighted by Gasteiger charge is -2.07. The van der Waals surface area contributed by atoms with Gasteiger partial charge in [0.1, 0.15) is 10.8 Å². The van der Waals surface area contributed by atoms with Crippen LogP contribution in [0.15, 0.2) is 18.2 Å². The predicted octanol–water partition coefficient (Wildman–Crippen LogP) is 1.64. The molecule has 0 aliphatic carbocycles. The van der Waals surface area contributed by atoms with E-state index in [0.717, 1.165) is 5.56 Å². The molecule has 1 rings (SSSR count). The van der Waals surface area contributed by atoms with E-state index in [1.165, 1.54) is 6.07 Å². The van der Waals surface area contributed by atoms with E-state index in [9.17, 15) is 4.39 Å². The van der Waals surface area contributed by atoms with E-state index in [1.807, 2.05) is 0 Å². The van der Waals surface area contributed by atoms with Crippen LogP contribution in [0.5, 0.6) is 0 Å². The van der Waals surface area contributed by atoms with Crippen molar-refractivity contribution in [2.75, 3.05) is 33.5 Å². The van der Waals surface area contributed by atoms with Crippen molar-refractivity contribution in [3.63, 3.8) is 0 Å². The van der Waals surface area contributed by atoms with Crippen molar-refractivity contribution in [2.24, 2.45) is 5.73 Å². The van der Waals surface area contributed by atoms with Crippen LogP contribution in [0, 0.1) is 5.82 Å². The van der Waals surface area contributed by atoms with Gasteiger partial charge in [0.25, 0.3) is 0 Å². The Kier molecular flexibility index (Phi) is 7.50. The summed E-state index contributed by atoms with van der Waals surface area (Å²) in [7, 11) is 1.62. The summed E-state index contributed by atoms with van der Waals surface area (Å²) >= 11 is 4.77. The van der Waals surface area contributed by atoms with Crippen LogP contribution in [0.1, 0.15) is 11.1 Å². The van der Waals surface area contributed by atoms with E-state index >= 15 is 0 Å². The van der Waals surface area contributed by atoms with E-state index in [4.69, 9.17) is 32.2 Å². The van der Waals surface area contributed by atoms with Crippen molar-refractivity contribution < 1.29 is 18.6 Å². The zero-order valence-corrected chi connectivity index (χ0v) is 11.7. The smallest absolute Gasteiger partial charge is 0.133 e. The lowest BCUT2D eigenvalue weighted by Crippen LogP contribution is -2.12. The van der Waals surface area contributed by atoms with Crippen molar-refractivity contribution in [1.29, 1.82) is 0 Å². The first-order valence-electron chi connectivity index (χ1n) is 5.87. The highest BCUT2D eigenvalue weighted by atomic mass is 32.1. The molecule has 1 aromatic carbocycles. The Morgan fingerprint density at radius 3 is 2.58 bits per heavy atom. The second-order valence-corrected chi connectivity index (χ2v) is 4.28. The number of halogens is 1. The summed E-state index contributed by atoms with van der Waals surface area (Å²) in [6.45, 7) is 2.43. The number of ether oxygens (including phenoxy) is 3. The van der Waals surface area contributed by atoms with Crippen LogP contribution in [-0.2, 0) is 20.8 Å². The molecule has 0 amide bonds. The minimum absolute atomic E-state index is 0.0437. The van der Waals surface area contributed by atoms with Crippen LogP contribution in [-0.4, -0.2) is 38.5 Å². The Morgan fingerprint density at radius 2 is 1.89 bits per heavy atom. The molecule has 0 aliphatic rings. The maximum Gasteiger partial charge on any atom is 0.133 e. The maximum absolute atomic E-state index is 13.3. The summed E-state index contributed by atoms with van der Waals surface area (Å²) in [5.41, 5.74) is 6.49. The van der Waals surface area contributed by atoms with E-state index < -0.39 is 5.82 Å². The molecule has 6 heteroatoms. The summed E-state index contributed by atoms with van der Waals surface area (Å²) < 4.78 is 28.8. The number of hydrogen-bond acceptors (Lipinski definition) is 4. The molecule has 0 spiro atoms. The third-order valence-electron chi connectivity index (χ3n) is 2.37. The van der Waals surface area contributed by atoms with Gasteiger partial charge in [-0.25, -0.2) is 4.39 Å². The molecular weight excluding hydrogens is 269 g/mol. The zero-order valence-electron chi connectivity index (χ0n) is 10.9. The van der Waals surface area contributed by atoms with Crippen LogP contribution < -0.4 is 5.73 Å². The van der Waals surface area contributed by atoms with Gasteiger partial charge in [0.2, 0.25) is 0 Å². The molecule has 0 aromatic heterocycles. The average molecular weight is 287 g/mol. The maximum atomic E-state index is 13.3. The van der Waals surface area contributed by atoms with Gasteiger partial charge in [-0.2, -0.15) is 0 Å². The van der Waals surface area contributed by atoms with E-state index in [1.54, 1.807) is 19.2 Å². The number of benzene rings is 1. The molecule has 19 heavy (non-hydrogen) atoms. The monoisotopic (exact) mass is 287 g/mol. The van der Waals surface area contributed by atoms with E-state index in [2.05, 4.69) is 0 Å². The molecule has 0 radical (unpaired) electrons. The van der Waals surface area contributed by atoms with Crippen molar-refractivity contribution in [3.05, 3.63) is 35.1 Å². The third kappa shape index (κ3) is 6.07. The van der Waals surface area contributed by atoms with Gasteiger partial charge in [0, 0.05) is 12.7 Å². The summed E-state index contributed by atoms with van der Waals surface area (Å²) in [4.78, 5) is 0.0437. The first-order chi connectivity index (χ1) is 9.15. The van der Waals surface area contributed by atoms with Gasteiger partial charge < -0.3 is 19.9 Å². The summed E-state index contributed by atoms with van der Waals surface area (Å²) in [6.07, 6.45) is 0. The second-order valence-electron chi connectivity index (χ2n) is 3.84. The minimum atomic E-state index is -0.417. The van der Waals surface area contributed by atoms with Crippen LogP contribution in [0.4, 0.5) is 4.39 Å². The van der Waals surface area contributed by atoms with Gasteiger partial charge in [0.05, 0.1) is 33.0 Å². The Labute approximate surface area is 117 Å². The van der Waals surface area contributed by atoms with Crippen LogP contribution in [0.3, 0.4) is 0 Å². The number of nitrogens with two attached hydrogens (primary N) is 1. The molecule has 0 heterocycles. The molecule has 0 bridgehead atoms. The highest BCUT2D eigenvalue weighted by molar-refractivity contribution is 7.80. The normalized spacial score (nSPS) is 10.6. The molecule has 2 N–H and O–H groups in total. The zero-order chi connectivity index (χ0) is 14.1. The number of methoxy groups -OCH3 is 1. The first-order valence-corrected chi connectivity index (χ1v) is 6.28. The molecule has 106 valence electrons.